The molecular weight excluding hydrogens is 524 g/mol. The van der Waals surface area contributed by atoms with Crippen LogP contribution in [0.2, 0.25) is 0 Å². The summed E-state index contributed by atoms with van der Waals surface area (Å²) in [6.45, 7) is 9.39. The number of rotatable bonds is 10. The van der Waals surface area contributed by atoms with Crippen LogP contribution in [0.5, 0.6) is 0 Å². The number of nitrogens with one attached hydrogen (secondary N) is 1. The van der Waals surface area contributed by atoms with E-state index < -0.39 is 72.0 Å². The summed E-state index contributed by atoms with van der Waals surface area (Å²) in [5.74, 6) is -6.64. The van der Waals surface area contributed by atoms with Crippen molar-refractivity contribution in [1.82, 2.24) is 10.2 Å². The van der Waals surface area contributed by atoms with E-state index in [1.54, 1.807) is 20.8 Å². The summed E-state index contributed by atoms with van der Waals surface area (Å²) in [5.41, 5.74) is 4.25. The van der Waals surface area contributed by atoms with Gasteiger partial charge in [-0.1, -0.05) is 26.7 Å². The van der Waals surface area contributed by atoms with Crippen molar-refractivity contribution in [3.8, 4) is 0 Å². The Bertz CT molecular complexity index is 1060. The maximum Gasteiger partial charge on any atom is 0.408 e. The first-order valence-electron chi connectivity index (χ1n) is 14.5. The second-order valence-electron chi connectivity index (χ2n) is 14.0. The number of hydrogen-bond donors (Lipinski definition) is 2. The van der Waals surface area contributed by atoms with E-state index in [9.17, 15) is 32.8 Å². The number of fused-ring (bicyclic) bond motifs is 1. The van der Waals surface area contributed by atoms with Crippen LogP contribution in [0, 0.1) is 35.0 Å². The van der Waals surface area contributed by atoms with Crippen LogP contribution in [0.3, 0.4) is 0 Å². The number of ether oxygens (including phenoxy) is 1. The molecule has 11 heteroatoms. The number of carbonyl (C=O) groups excluding carboxylic acids is 5. The highest BCUT2D eigenvalue weighted by atomic mass is 19.3. The summed E-state index contributed by atoms with van der Waals surface area (Å²) in [5, 5.41) is 2.64. The molecule has 3 amide bonds. The quantitative estimate of drug-likeness (QED) is 0.387. The number of carbonyl (C=O) groups is 5. The zero-order valence-corrected chi connectivity index (χ0v) is 24.1. The minimum atomic E-state index is -2.82. The van der Waals surface area contributed by atoms with Crippen molar-refractivity contribution in [3.05, 3.63) is 0 Å². The van der Waals surface area contributed by atoms with E-state index in [-0.39, 0.29) is 48.2 Å². The van der Waals surface area contributed by atoms with Gasteiger partial charge < -0.3 is 20.7 Å². The fraction of sp³-hybridized carbons (Fsp3) is 0.828. The van der Waals surface area contributed by atoms with Crippen molar-refractivity contribution in [3.63, 3.8) is 0 Å². The lowest BCUT2D eigenvalue weighted by atomic mass is 9.81. The minimum Gasteiger partial charge on any atom is -0.444 e. The van der Waals surface area contributed by atoms with E-state index in [1.807, 2.05) is 13.8 Å². The smallest absolute Gasteiger partial charge is 0.408 e. The molecule has 1 aliphatic heterocycles. The average molecular weight is 568 g/mol. The summed E-state index contributed by atoms with van der Waals surface area (Å²) in [6.07, 6.45) is 0.554. The number of amides is 3. The maximum atomic E-state index is 14.1. The van der Waals surface area contributed by atoms with Gasteiger partial charge in [-0.05, 0) is 69.1 Å². The van der Waals surface area contributed by atoms with Gasteiger partial charge in [0.05, 0.1) is 6.04 Å². The Morgan fingerprint density at radius 2 is 1.65 bits per heavy atom. The molecule has 5 atom stereocenters. The standard InChI is InChI=1S/C29H43F2N3O6/c1-27(2,3)40-26(39)33-21(16-8-10-29(30,31)11-9-16)25(38)34-14-18-20(28(18,4)5)22(34)19(35)13-17(12-15-6-7-15)23(36)24(32)37/h15-18,20-22H,6-14H2,1-5H3,(H2,32,37)(H,33,39)/t17?,18-,20-,21-,22+/m0/s1. The van der Waals surface area contributed by atoms with Crippen molar-refractivity contribution in [2.24, 2.45) is 40.7 Å². The number of nitrogens with zero attached hydrogens (tertiary/aromatic N) is 1. The molecule has 4 rings (SSSR count). The number of halogens is 2. The van der Waals surface area contributed by atoms with Crippen molar-refractivity contribution in [2.45, 2.75) is 110 Å². The summed E-state index contributed by atoms with van der Waals surface area (Å²) in [4.78, 5) is 66.4. The van der Waals surface area contributed by atoms with Crippen LogP contribution in [0.4, 0.5) is 13.6 Å². The first-order chi connectivity index (χ1) is 18.4. The molecule has 4 fully saturated rings. The lowest BCUT2D eigenvalue weighted by molar-refractivity contribution is -0.145. The Labute approximate surface area is 234 Å². The van der Waals surface area contributed by atoms with Crippen LogP contribution >= 0.6 is 0 Å². The first-order valence-corrected chi connectivity index (χ1v) is 14.5. The molecule has 1 heterocycles. The number of likely N-dealkylation sites (tertiary alicyclic amines) is 1. The van der Waals surface area contributed by atoms with Gasteiger partial charge in [-0.25, -0.2) is 13.6 Å². The van der Waals surface area contributed by atoms with E-state index in [2.05, 4.69) is 5.32 Å². The lowest BCUT2D eigenvalue weighted by Gasteiger charge is -2.38. The molecule has 1 saturated heterocycles. The Morgan fingerprint density at radius 3 is 2.17 bits per heavy atom. The Kier molecular flexibility index (Phi) is 8.10. The molecule has 224 valence electrons. The molecule has 0 aromatic rings. The van der Waals surface area contributed by atoms with Gasteiger partial charge in [0.25, 0.3) is 5.91 Å². The molecule has 4 aliphatic rings. The topological polar surface area (TPSA) is 136 Å². The normalized spacial score (nSPS) is 28.7. The van der Waals surface area contributed by atoms with E-state index in [0.717, 1.165) is 12.8 Å². The molecule has 9 nitrogen and oxygen atoms in total. The second-order valence-corrected chi connectivity index (χ2v) is 14.0. The fourth-order valence-corrected chi connectivity index (χ4v) is 6.88. The number of nitrogens with two attached hydrogens (primary N) is 1. The number of Topliss-reactive ketones (excluding diaryl/α,β-unsaturated/α-hetero) is 2. The van der Waals surface area contributed by atoms with E-state index in [0.29, 0.717) is 13.0 Å². The fourth-order valence-electron chi connectivity index (χ4n) is 6.88. The largest absolute Gasteiger partial charge is 0.444 e. The van der Waals surface area contributed by atoms with Crippen molar-refractivity contribution < 1.29 is 37.5 Å². The molecule has 0 aromatic carbocycles. The highest BCUT2D eigenvalue weighted by Crippen LogP contribution is 2.65. The van der Waals surface area contributed by atoms with E-state index >= 15 is 0 Å². The van der Waals surface area contributed by atoms with Crippen molar-refractivity contribution in [2.75, 3.05) is 6.54 Å². The Hall–Kier alpha value is -2.59. The predicted octanol–water partition coefficient (Wildman–Crippen LogP) is 3.62. The Morgan fingerprint density at radius 1 is 1.05 bits per heavy atom. The first kappa shape index (κ1) is 30.4. The molecule has 0 bridgehead atoms. The molecule has 3 N–H and O–H groups in total. The van der Waals surface area contributed by atoms with Crippen LogP contribution in [0.25, 0.3) is 0 Å². The third kappa shape index (κ3) is 6.65. The number of alkyl halides is 2. The van der Waals surface area contributed by atoms with Gasteiger partial charge in [-0.15, -0.1) is 0 Å². The number of piperidine rings is 1. The number of alkyl carbamates (subject to hydrolysis) is 1. The zero-order chi connectivity index (χ0) is 29.8. The van der Waals surface area contributed by atoms with Crippen LogP contribution < -0.4 is 11.1 Å². The Balaban J connectivity index is 1.57. The van der Waals surface area contributed by atoms with Gasteiger partial charge >= 0.3 is 6.09 Å². The zero-order valence-electron chi connectivity index (χ0n) is 24.1. The van der Waals surface area contributed by atoms with Gasteiger partial charge in [0, 0.05) is 31.7 Å². The molecule has 3 aliphatic carbocycles. The number of ketones is 2. The summed E-state index contributed by atoms with van der Waals surface area (Å²) >= 11 is 0. The van der Waals surface area contributed by atoms with Gasteiger partial charge in [-0.3, -0.25) is 19.2 Å². The van der Waals surface area contributed by atoms with Crippen LogP contribution in [0.15, 0.2) is 0 Å². The lowest BCUT2D eigenvalue weighted by Crippen LogP contribution is -2.57. The van der Waals surface area contributed by atoms with Crippen molar-refractivity contribution >= 4 is 29.5 Å². The van der Waals surface area contributed by atoms with Gasteiger partial charge in [0.2, 0.25) is 17.6 Å². The molecule has 3 saturated carbocycles. The second kappa shape index (κ2) is 10.7. The summed E-state index contributed by atoms with van der Waals surface area (Å²) < 4.78 is 33.3. The monoisotopic (exact) mass is 567 g/mol. The predicted molar refractivity (Wildman–Crippen MR) is 141 cm³/mol. The van der Waals surface area contributed by atoms with Crippen molar-refractivity contribution in [1.29, 1.82) is 0 Å². The average Bonchev–Trinajstić information content (AvgIpc) is 3.67. The molecule has 0 aromatic heterocycles. The van der Waals surface area contributed by atoms with E-state index in [1.165, 1.54) is 4.90 Å². The van der Waals surface area contributed by atoms with Crippen LogP contribution in [-0.2, 0) is 23.9 Å². The molecule has 0 radical (unpaired) electrons. The third-order valence-corrected chi connectivity index (χ3v) is 9.37. The highest BCUT2D eigenvalue weighted by molar-refractivity contribution is 6.36. The third-order valence-electron chi connectivity index (χ3n) is 9.37. The van der Waals surface area contributed by atoms with Gasteiger partial charge in [0.15, 0.2) is 5.78 Å². The van der Waals surface area contributed by atoms with E-state index in [4.69, 9.17) is 10.5 Å². The van der Waals surface area contributed by atoms with Crippen LogP contribution in [-0.4, -0.2) is 64.5 Å². The molecule has 40 heavy (non-hydrogen) atoms. The molecular formula is C29H43F2N3O6. The molecule has 0 spiro atoms. The summed E-state index contributed by atoms with van der Waals surface area (Å²) in [6, 6.07) is -1.96. The van der Waals surface area contributed by atoms with Gasteiger partial charge in [0.1, 0.15) is 11.6 Å². The number of primary amides is 1. The summed E-state index contributed by atoms with van der Waals surface area (Å²) in [7, 11) is 0. The SMILES string of the molecule is CC(C)(C)OC(=O)N[C@H](C(=O)N1C[C@H]2[C@@H]([C@H]1C(=O)CC(CC1CC1)C(=O)C(N)=O)C2(C)C)C1CCC(F)(F)CC1. The molecule has 1 unspecified atom stereocenters. The number of hydrogen-bond acceptors (Lipinski definition) is 6. The minimum absolute atomic E-state index is 0.0422. The van der Waals surface area contributed by atoms with Crippen LogP contribution in [0.1, 0.15) is 86.0 Å². The van der Waals surface area contributed by atoms with Gasteiger partial charge in [-0.2, -0.15) is 0 Å². The highest BCUT2D eigenvalue weighted by Gasteiger charge is 2.69. The maximum absolute atomic E-state index is 14.1.